The molecule has 37 heavy (non-hydrogen) atoms. The standard InChI is InChI=1S/C29H28N4O4/c1-16-9-11-19-21(14-16)32-28(31-19)33-24(20-8-6-7-13-30-20)23(26(35)27(33)36)25(34)18-15-17(29(2,3)4)10-12-22(18)37-5/h6-15,24,34H,1-5H3,(H,31,32)/b25-23+. The second-order valence-electron chi connectivity index (χ2n) is 10.2. The number of hydrogen-bond acceptors (Lipinski definition) is 6. The van der Waals surface area contributed by atoms with Crippen molar-refractivity contribution in [3.8, 4) is 5.75 Å². The van der Waals surface area contributed by atoms with Crippen molar-refractivity contribution in [3.05, 3.63) is 88.8 Å². The number of ketones is 1. The number of hydrogen-bond donors (Lipinski definition) is 2. The molecule has 2 aromatic carbocycles. The number of carbonyl (C=O) groups is 2. The highest BCUT2D eigenvalue weighted by atomic mass is 16.5. The minimum atomic E-state index is -0.995. The SMILES string of the molecule is COc1ccc(C(C)(C)C)cc1/C(O)=C1\C(=O)C(=O)N(c2nc3ccc(C)cc3[nH]2)C1c1ccccn1. The molecule has 0 bridgehead atoms. The van der Waals surface area contributed by atoms with Crippen LogP contribution in [0, 0.1) is 6.92 Å². The maximum atomic E-state index is 13.5. The highest BCUT2D eigenvalue weighted by Gasteiger charge is 2.49. The van der Waals surface area contributed by atoms with Crippen molar-refractivity contribution in [1.29, 1.82) is 0 Å². The normalized spacial score (nSPS) is 17.5. The van der Waals surface area contributed by atoms with E-state index in [1.54, 1.807) is 36.5 Å². The predicted molar refractivity (Wildman–Crippen MR) is 142 cm³/mol. The van der Waals surface area contributed by atoms with E-state index in [2.05, 4.69) is 35.7 Å². The van der Waals surface area contributed by atoms with E-state index >= 15 is 0 Å². The lowest BCUT2D eigenvalue weighted by Crippen LogP contribution is -2.30. The molecule has 2 aromatic heterocycles. The van der Waals surface area contributed by atoms with Gasteiger partial charge in [0.25, 0.3) is 5.78 Å². The van der Waals surface area contributed by atoms with E-state index in [4.69, 9.17) is 4.74 Å². The number of pyridine rings is 1. The van der Waals surface area contributed by atoms with Crippen LogP contribution in [0.4, 0.5) is 5.95 Å². The van der Waals surface area contributed by atoms with E-state index in [0.717, 1.165) is 16.6 Å². The third-order valence-electron chi connectivity index (χ3n) is 6.59. The monoisotopic (exact) mass is 496 g/mol. The van der Waals surface area contributed by atoms with Crippen LogP contribution < -0.4 is 9.64 Å². The molecule has 1 saturated heterocycles. The number of nitrogens with one attached hydrogen (secondary N) is 1. The van der Waals surface area contributed by atoms with Gasteiger partial charge in [-0.2, -0.15) is 0 Å². The Labute approximate surface area is 214 Å². The van der Waals surface area contributed by atoms with Gasteiger partial charge >= 0.3 is 5.91 Å². The third-order valence-corrected chi connectivity index (χ3v) is 6.59. The lowest BCUT2D eigenvalue weighted by Gasteiger charge is -2.23. The molecule has 1 aliphatic rings. The van der Waals surface area contributed by atoms with Crippen LogP contribution >= 0.6 is 0 Å². The van der Waals surface area contributed by atoms with E-state index in [0.29, 0.717) is 22.5 Å². The smallest absolute Gasteiger partial charge is 0.302 e. The summed E-state index contributed by atoms with van der Waals surface area (Å²) in [7, 11) is 1.49. The molecule has 188 valence electrons. The first kappa shape index (κ1) is 24.2. The van der Waals surface area contributed by atoms with Crippen molar-refractivity contribution in [2.24, 2.45) is 0 Å². The molecule has 0 aliphatic carbocycles. The summed E-state index contributed by atoms with van der Waals surface area (Å²) in [6, 6.07) is 15.4. The summed E-state index contributed by atoms with van der Waals surface area (Å²) in [4.78, 5) is 40.4. The number of aliphatic hydroxyl groups excluding tert-OH is 1. The number of H-pyrrole nitrogens is 1. The number of nitrogens with zero attached hydrogens (tertiary/aromatic N) is 3. The topological polar surface area (TPSA) is 108 Å². The maximum absolute atomic E-state index is 13.5. The lowest BCUT2D eigenvalue weighted by molar-refractivity contribution is -0.132. The van der Waals surface area contributed by atoms with Gasteiger partial charge in [-0.15, -0.1) is 0 Å². The molecule has 1 amide bonds. The number of benzene rings is 2. The molecule has 1 unspecified atom stereocenters. The molecular weight excluding hydrogens is 468 g/mol. The number of aryl methyl sites for hydroxylation is 1. The molecular formula is C29H28N4O4. The van der Waals surface area contributed by atoms with Gasteiger partial charge in [-0.25, -0.2) is 4.98 Å². The summed E-state index contributed by atoms with van der Waals surface area (Å²) in [5.74, 6) is -1.37. The zero-order valence-electron chi connectivity index (χ0n) is 21.4. The number of carbonyl (C=O) groups excluding carboxylic acids is 2. The number of methoxy groups -OCH3 is 1. The number of imidazole rings is 1. The summed E-state index contributed by atoms with van der Waals surface area (Å²) >= 11 is 0. The number of amides is 1. The summed E-state index contributed by atoms with van der Waals surface area (Å²) in [5.41, 5.74) is 3.80. The highest BCUT2D eigenvalue weighted by molar-refractivity contribution is 6.51. The van der Waals surface area contributed by atoms with Gasteiger partial charge in [0.05, 0.1) is 35.0 Å². The lowest BCUT2D eigenvalue weighted by atomic mass is 9.85. The predicted octanol–water partition coefficient (Wildman–Crippen LogP) is 5.20. The fraction of sp³-hybridized carbons (Fsp3) is 0.241. The first-order valence-corrected chi connectivity index (χ1v) is 12.0. The fourth-order valence-corrected chi connectivity index (χ4v) is 4.60. The minimum absolute atomic E-state index is 0.0790. The summed E-state index contributed by atoms with van der Waals surface area (Å²) in [5, 5.41) is 11.6. The molecule has 4 aromatic rings. The van der Waals surface area contributed by atoms with E-state index in [1.807, 2.05) is 31.2 Å². The highest BCUT2D eigenvalue weighted by Crippen LogP contribution is 2.43. The van der Waals surface area contributed by atoms with Crippen molar-refractivity contribution in [3.63, 3.8) is 0 Å². The summed E-state index contributed by atoms with van der Waals surface area (Å²) < 4.78 is 5.52. The molecule has 0 spiro atoms. The van der Waals surface area contributed by atoms with Crippen LogP contribution in [-0.4, -0.2) is 38.9 Å². The quantitative estimate of drug-likeness (QED) is 0.228. The molecule has 3 heterocycles. The van der Waals surface area contributed by atoms with Crippen LogP contribution in [0.1, 0.15) is 49.2 Å². The van der Waals surface area contributed by atoms with Gasteiger partial charge in [0.1, 0.15) is 17.6 Å². The average Bonchev–Trinajstić information content (AvgIpc) is 3.40. The van der Waals surface area contributed by atoms with Gasteiger partial charge in [0, 0.05) is 6.20 Å². The number of fused-ring (bicyclic) bond motifs is 1. The first-order valence-electron chi connectivity index (χ1n) is 12.0. The van der Waals surface area contributed by atoms with Gasteiger partial charge in [0.15, 0.2) is 0 Å². The second-order valence-corrected chi connectivity index (χ2v) is 10.2. The largest absolute Gasteiger partial charge is 0.507 e. The molecule has 1 atom stereocenters. The van der Waals surface area contributed by atoms with E-state index < -0.39 is 17.7 Å². The van der Waals surface area contributed by atoms with Crippen LogP contribution in [0.15, 0.2) is 66.4 Å². The number of anilines is 1. The molecule has 1 aliphatic heterocycles. The van der Waals surface area contributed by atoms with E-state index in [9.17, 15) is 14.7 Å². The second kappa shape index (κ2) is 8.89. The fourth-order valence-electron chi connectivity index (χ4n) is 4.60. The Balaban J connectivity index is 1.75. The van der Waals surface area contributed by atoms with Crippen LogP contribution in [-0.2, 0) is 15.0 Å². The van der Waals surface area contributed by atoms with E-state index in [-0.39, 0.29) is 22.7 Å². The Morgan fingerprint density at radius 1 is 1.08 bits per heavy atom. The zero-order valence-corrected chi connectivity index (χ0v) is 21.4. The Morgan fingerprint density at radius 2 is 1.86 bits per heavy atom. The number of aliphatic hydroxyl groups is 1. The van der Waals surface area contributed by atoms with Crippen molar-refractivity contribution < 1.29 is 19.4 Å². The van der Waals surface area contributed by atoms with Crippen molar-refractivity contribution in [1.82, 2.24) is 15.0 Å². The van der Waals surface area contributed by atoms with Crippen molar-refractivity contribution in [2.45, 2.75) is 39.2 Å². The van der Waals surface area contributed by atoms with Crippen molar-refractivity contribution in [2.75, 3.05) is 12.0 Å². The average molecular weight is 497 g/mol. The molecule has 2 N–H and O–H groups in total. The first-order chi connectivity index (χ1) is 17.6. The molecule has 8 heteroatoms. The van der Waals surface area contributed by atoms with Crippen LogP contribution in [0.5, 0.6) is 5.75 Å². The Hall–Kier alpha value is -4.46. The zero-order chi connectivity index (χ0) is 26.5. The van der Waals surface area contributed by atoms with Crippen LogP contribution in [0.2, 0.25) is 0 Å². The Morgan fingerprint density at radius 3 is 2.54 bits per heavy atom. The van der Waals surface area contributed by atoms with Gasteiger partial charge in [-0.05, 0) is 59.9 Å². The number of Topliss-reactive ketones (excluding diaryl/α,β-unsaturated/α-hetero) is 1. The number of aromatic amines is 1. The summed E-state index contributed by atoms with van der Waals surface area (Å²) in [6.07, 6.45) is 1.58. The number of aromatic nitrogens is 3. The van der Waals surface area contributed by atoms with Crippen LogP contribution in [0.3, 0.4) is 0 Å². The molecule has 0 radical (unpaired) electrons. The maximum Gasteiger partial charge on any atom is 0.302 e. The molecule has 1 fully saturated rings. The van der Waals surface area contributed by atoms with Gasteiger partial charge in [-0.1, -0.05) is 39.0 Å². The number of ether oxygens (including phenoxy) is 1. The summed E-state index contributed by atoms with van der Waals surface area (Å²) in [6.45, 7) is 8.11. The van der Waals surface area contributed by atoms with Crippen molar-refractivity contribution >= 4 is 34.4 Å². The molecule has 8 nitrogen and oxygen atoms in total. The third kappa shape index (κ3) is 4.14. The van der Waals surface area contributed by atoms with Gasteiger partial charge < -0.3 is 14.8 Å². The molecule has 5 rings (SSSR count). The number of rotatable bonds is 4. The van der Waals surface area contributed by atoms with E-state index in [1.165, 1.54) is 12.0 Å². The van der Waals surface area contributed by atoms with Gasteiger partial charge in [0.2, 0.25) is 5.95 Å². The Bertz CT molecular complexity index is 1560. The Kier molecular flexibility index (Phi) is 5.82. The minimum Gasteiger partial charge on any atom is -0.507 e. The van der Waals surface area contributed by atoms with Gasteiger partial charge in [-0.3, -0.25) is 19.5 Å². The molecule has 0 saturated carbocycles. The van der Waals surface area contributed by atoms with Crippen LogP contribution in [0.25, 0.3) is 16.8 Å².